The molecule has 2 aromatic heterocycles. The third kappa shape index (κ3) is 3.09. The molecule has 22 heavy (non-hydrogen) atoms. The Bertz CT molecular complexity index is 629. The van der Waals surface area contributed by atoms with Crippen LogP contribution in [0.3, 0.4) is 0 Å². The Labute approximate surface area is 127 Å². The van der Waals surface area contributed by atoms with E-state index in [0.29, 0.717) is 18.0 Å². The van der Waals surface area contributed by atoms with Gasteiger partial charge in [0.1, 0.15) is 5.69 Å². The van der Waals surface area contributed by atoms with E-state index >= 15 is 0 Å². The summed E-state index contributed by atoms with van der Waals surface area (Å²) in [6, 6.07) is 5.23. The molecule has 0 spiro atoms. The summed E-state index contributed by atoms with van der Waals surface area (Å²) >= 11 is 0. The summed E-state index contributed by atoms with van der Waals surface area (Å²) in [4.78, 5) is 17.8. The Kier molecular flexibility index (Phi) is 4.34. The number of rotatable bonds is 4. The van der Waals surface area contributed by atoms with Crippen LogP contribution in [0.25, 0.3) is 11.3 Å². The highest BCUT2D eigenvalue weighted by Gasteiger charge is 2.27. The first-order valence-electron chi connectivity index (χ1n) is 7.29. The van der Waals surface area contributed by atoms with Crippen molar-refractivity contribution in [3.05, 3.63) is 36.4 Å². The zero-order valence-electron chi connectivity index (χ0n) is 12.1. The number of nitrogens with one attached hydrogen (secondary N) is 1. The number of urea groups is 1. The van der Waals surface area contributed by atoms with Gasteiger partial charge in [-0.25, -0.2) is 4.79 Å². The number of amides is 2. The van der Waals surface area contributed by atoms with Gasteiger partial charge in [0.2, 0.25) is 0 Å². The molecule has 0 saturated carbocycles. The Morgan fingerprint density at radius 2 is 2.45 bits per heavy atom. The number of aliphatic hydroxyl groups excluding tert-OH is 1. The molecule has 0 aliphatic carbocycles. The molecule has 3 heterocycles. The molecule has 7 heteroatoms. The molecule has 7 nitrogen and oxygen atoms in total. The zero-order valence-corrected chi connectivity index (χ0v) is 12.1. The molecular weight excluding hydrogens is 284 g/mol. The van der Waals surface area contributed by atoms with Crippen molar-refractivity contribution < 1.29 is 14.4 Å². The van der Waals surface area contributed by atoms with E-state index in [-0.39, 0.29) is 25.2 Å². The number of aliphatic hydroxyl groups is 1. The van der Waals surface area contributed by atoms with Crippen LogP contribution in [-0.2, 0) is 6.54 Å². The van der Waals surface area contributed by atoms with Crippen molar-refractivity contribution in [1.29, 1.82) is 0 Å². The Hall–Kier alpha value is -2.41. The van der Waals surface area contributed by atoms with Crippen LogP contribution in [0.15, 0.2) is 35.1 Å². The highest BCUT2D eigenvalue weighted by Crippen LogP contribution is 2.18. The SMILES string of the molecule is O=C(NCc1cc(-c2cccnc2)no1)N1CCC[C@H]1CO. The average molecular weight is 302 g/mol. The maximum Gasteiger partial charge on any atom is 0.318 e. The number of hydrogen-bond donors (Lipinski definition) is 2. The van der Waals surface area contributed by atoms with Crippen LogP contribution in [-0.4, -0.2) is 45.4 Å². The largest absolute Gasteiger partial charge is 0.394 e. The van der Waals surface area contributed by atoms with Crippen molar-refractivity contribution in [2.75, 3.05) is 13.2 Å². The lowest BCUT2D eigenvalue weighted by Crippen LogP contribution is -2.43. The summed E-state index contributed by atoms with van der Waals surface area (Å²) in [6.07, 6.45) is 5.16. The maximum absolute atomic E-state index is 12.1. The molecule has 2 aromatic rings. The van der Waals surface area contributed by atoms with Crippen LogP contribution < -0.4 is 5.32 Å². The molecule has 1 saturated heterocycles. The molecule has 1 aliphatic rings. The summed E-state index contributed by atoms with van der Waals surface area (Å²) in [5.74, 6) is 0.576. The second-order valence-corrected chi connectivity index (χ2v) is 5.25. The first-order valence-corrected chi connectivity index (χ1v) is 7.29. The molecule has 2 N–H and O–H groups in total. The second kappa shape index (κ2) is 6.57. The van der Waals surface area contributed by atoms with Crippen LogP contribution in [0.5, 0.6) is 0 Å². The molecule has 0 unspecified atom stereocenters. The predicted molar refractivity (Wildman–Crippen MR) is 78.8 cm³/mol. The minimum absolute atomic E-state index is 0.000876. The van der Waals surface area contributed by atoms with Crippen molar-refractivity contribution in [3.63, 3.8) is 0 Å². The Morgan fingerprint density at radius 1 is 1.55 bits per heavy atom. The van der Waals surface area contributed by atoms with Gasteiger partial charge >= 0.3 is 6.03 Å². The van der Waals surface area contributed by atoms with Crippen molar-refractivity contribution >= 4 is 6.03 Å². The third-order valence-electron chi connectivity index (χ3n) is 3.78. The number of hydrogen-bond acceptors (Lipinski definition) is 5. The normalized spacial score (nSPS) is 17.7. The van der Waals surface area contributed by atoms with Gasteiger partial charge in [0.15, 0.2) is 5.76 Å². The van der Waals surface area contributed by atoms with E-state index in [4.69, 9.17) is 4.52 Å². The fourth-order valence-corrected chi connectivity index (χ4v) is 2.60. The first kappa shape index (κ1) is 14.5. The Morgan fingerprint density at radius 3 is 3.23 bits per heavy atom. The molecule has 116 valence electrons. The van der Waals surface area contributed by atoms with E-state index in [1.54, 1.807) is 23.4 Å². The van der Waals surface area contributed by atoms with Gasteiger partial charge in [0.05, 0.1) is 19.2 Å². The van der Waals surface area contributed by atoms with Crippen molar-refractivity contribution in [2.24, 2.45) is 0 Å². The van der Waals surface area contributed by atoms with Gasteiger partial charge in [-0.2, -0.15) is 0 Å². The standard InChI is InChI=1S/C15H18N4O3/c20-10-12-4-2-6-19(12)15(21)17-9-13-7-14(18-22-13)11-3-1-5-16-8-11/h1,3,5,7-8,12,20H,2,4,6,9-10H2,(H,17,21)/t12-/m0/s1. The lowest BCUT2D eigenvalue weighted by Gasteiger charge is -2.22. The van der Waals surface area contributed by atoms with Crippen LogP contribution in [0.2, 0.25) is 0 Å². The van der Waals surface area contributed by atoms with Gasteiger partial charge in [-0.3, -0.25) is 4.98 Å². The lowest BCUT2D eigenvalue weighted by atomic mass is 10.2. The fraction of sp³-hybridized carbons (Fsp3) is 0.400. The predicted octanol–water partition coefficient (Wildman–Crippen LogP) is 1.40. The van der Waals surface area contributed by atoms with Crippen molar-refractivity contribution in [2.45, 2.75) is 25.4 Å². The van der Waals surface area contributed by atoms with Gasteiger partial charge in [-0.1, -0.05) is 5.16 Å². The molecule has 1 aliphatic heterocycles. The van der Waals surface area contributed by atoms with Crippen molar-refractivity contribution in [1.82, 2.24) is 20.4 Å². The van der Waals surface area contributed by atoms with Gasteiger partial charge in [0, 0.05) is 30.6 Å². The third-order valence-corrected chi connectivity index (χ3v) is 3.78. The number of carbonyl (C=O) groups excluding carboxylic acids is 1. The minimum atomic E-state index is -0.184. The number of aromatic nitrogens is 2. The van der Waals surface area contributed by atoms with E-state index in [9.17, 15) is 9.90 Å². The zero-order chi connectivity index (χ0) is 15.4. The van der Waals surface area contributed by atoms with Crippen LogP contribution >= 0.6 is 0 Å². The Balaban J connectivity index is 1.58. The topological polar surface area (TPSA) is 91.5 Å². The van der Waals surface area contributed by atoms with E-state index < -0.39 is 0 Å². The first-order chi connectivity index (χ1) is 10.8. The average Bonchev–Trinajstić information content (AvgIpc) is 3.22. The van der Waals surface area contributed by atoms with Crippen LogP contribution in [0, 0.1) is 0 Å². The van der Waals surface area contributed by atoms with Gasteiger partial charge in [-0.05, 0) is 25.0 Å². The van der Waals surface area contributed by atoms with Crippen LogP contribution in [0.1, 0.15) is 18.6 Å². The molecule has 1 atom stereocenters. The molecular formula is C15H18N4O3. The summed E-state index contributed by atoms with van der Waals surface area (Å²) in [5, 5.41) is 16.0. The summed E-state index contributed by atoms with van der Waals surface area (Å²) < 4.78 is 5.22. The fourth-order valence-electron chi connectivity index (χ4n) is 2.60. The number of likely N-dealkylation sites (tertiary alicyclic amines) is 1. The lowest BCUT2D eigenvalue weighted by molar-refractivity contribution is 0.156. The number of pyridine rings is 1. The minimum Gasteiger partial charge on any atom is -0.394 e. The molecule has 0 aromatic carbocycles. The maximum atomic E-state index is 12.1. The van der Waals surface area contributed by atoms with Crippen LogP contribution in [0.4, 0.5) is 4.79 Å². The summed E-state index contributed by atoms with van der Waals surface area (Å²) in [6.45, 7) is 0.941. The summed E-state index contributed by atoms with van der Waals surface area (Å²) in [7, 11) is 0. The van der Waals surface area contributed by atoms with Crippen molar-refractivity contribution in [3.8, 4) is 11.3 Å². The monoisotopic (exact) mass is 302 g/mol. The van der Waals surface area contributed by atoms with E-state index in [1.165, 1.54) is 0 Å². The van der Waals surface area contributed by atoms with Gasteiger partial charge < -0.3 is 19.8 Å². The highest BCUT2D eigenvalue weighted by molar-refractivity contribution is 5.74. The molecule has 1 fully saturated rings. The van der Waals surface area contributed by atoms with E-state index in [0.717, 1.165) is 18.4 Å². The van der Waals surface area contributed by atoms with E-state index in [2.05, 4.69) is 15.5 Å². The molecule has 2 amide bonds. The van der Waals surface area contributed by atoms with Gasteiger partial charge in [0.25, 0.3) is 0 Å². The molecule has 3 rings (SSSR count). The molecule has 0 radical (unpaired) electrons. The second-order valence-electron chi connectivity index (χ2n) is 5.25. The van der Waals surface area contributed by atoms with Gasteiger partial charge in [-0.15, -0.1) is 0 Å². The quantitative estimate of drug-likeness (QED) is 0.891. The smallest absolute Gasteiger partial charge is 0.318 e. The number of carbonyl (C=O) groups is 1. The number of nitrogens with zero attached hydrogens (tertiary/aromatic N) is 3. The molecule has 0 bridgehead atoms. The summed E-state index contributed by atoms with van der Waals surface area (Å²) in [5.41, 5.74) is 1.55. The highest BCUT2D eigenvalue weighted by atomic mass is 16.5. The van der Waals surface area contributed by atoms with E-state index in [1.807, 2.05) is 12.1 Å².